The van der Waals surface area contributed by atoms with E-state index in [1.807, 2.05) is 32.0 Å². The lowest BCUT2D eigenvalue weighted by Crippen LogP contribution is -2.15. The third kappa shape index (κ3) is 3.38. The zero-order chi connectivity index (χ0) is 19.0. The number of nitrogens with zero attached hydrogens (tertiary/aromatic N) is 2. The van der Waals surface area contributed by atoms with Crippen molar-refractivity contribution in [2.24, 2.45) is 0 Å². The van der Waals surface area contributed by atoms with E-state index in [2.05, 4.69) is 20.3 Å². The molecule has 2 N–H and O–H groups in total. The Hall–Kier alpha value is -2.93. The molecule has 0 fully saturated rings. The standard InChI is InChI=1S/C20H17FN4OS/c1-11-4-3-5-12(2)17(11)25-16(26)9-27-20-19-18(22-10-23-20)14-8-13(21)6-7-15(14)24-19/h3-8,10,24H,9H2,1-2H3,(H,25,26). The van der Waals surface area contributed by atoms with Crippen molar-refractivity contribution in [1.29, 1.82) is 0 Å². The van der Waals surface area contributed by atoms with Gasteiger partial charge in [-0.2, -0.15) is 0 Å². The largest absolute Gasteiger partial charge is 0.351 e. The number of carbonyl (C=O) groups is 1. The van der Waals surface area contributed by atoms with Crippen molar-refractivity contribution in [1.82, 2.24) is 15.0 Å². The third-order valence-corrected chi connectivity index (χ3v) is 5.38. The van der Waals surface area contributed by atoms with Crippen LogP contribution in [-0.2, 0) is 4.79 Å². The maximum Gasteiger partial charge on any atom is 0.234 e. The molecular weight excluding hydrogens is 363 g/mol. The lowest BCUT2D eigenvalue weighted by atomic mass is 10.1. The van der Waals surface area contributed by atoms with Gasteiger partial charge in [-0.3, -0.25) is 4.79 Å². The number of amides is 1. The Balaban J connectivity index is 1.57. The summed E-state index contributed by atoms with van der Waals surface area (Å²) >= 11 is 1.32. The second kappa shape index (κ2) is 7.00. The van der Waals surface area contributed by atoms with Crippen LogP contribution < -0.4 is 5.32 Å². The van der Waals surface area contributed by atoms with Gasteiger partial charge in [0.1, 0.15) is 22.7 Å². The van der Waals surface area contributed by atoms with Crippen molar-refractivity contribution in [2.75, 3.05) is 11.1 Å². The zero-order valence-electron chi connectivity index (χ0n) is 14.8. The first kappa shape index (κ1) is 17.5. The average Bonchev–Trinajstić information content (AvgIpc) is 3.01. The summed E-state index contributed by atoms with van der Waals surface area (Å²) in [6, 6.07) is 10.4. The Kier molecular flexibility index (Phi) is 4.53. The lowest BCUT2D eigenvalue weighted by molar-refractivity contribution is -0.113. The van der Waals surface area contributed by atoms with Gasteiger partial charge in [0.15, 0.2) is 0 Å². The molecule has 0 saturated heterocycles. The summed E-state index contributed by atoms with van der Waals surface area (Å²) in [6.07, 6.45) is 1.44. The number of rotatable bonds is 4. The number of thioether (sulfide) groups is 1. The summed E-state index contributed by atoms with van der Waals surface area (Å²) in [7, 11) is 0. The highest BCUT2D eigenvalue weighted by Crippen LogP contribution is 2.30. The second-order valence-corrected chi connectivity index (χ2v) is 7.29. The molecule has 2 aromatic heterocycles. The minimum absolute atomic E-state index is 0.105. The van der Waals surface area contributed by atoms with Crippen molar-refractivity contribution in [3.63, 3.8) is 0 Å². The van der Waals surface area contributed by atoms with Gasteiger partial charge in [0.25, 0.3) is 0 Å². The van der Waals surface area contributed by atoms with Crippen LogP contribution in [0.3, 0.4) is 0 Å². The van der Waals surface area contributed by atoms with Gasteiger partial charge >= 0.3 is 0 Å². The summed E-state index contributed by atoms with van der Waals surface area (Å²) in [6.45, 7) is 3.93. The SMILES string of the molecule is Cc1cccc(C)c1NC(=O)CSc1ncnc2c1[nH]c1ccc(F)cc12. The van der Waals surface area contributed by atoms with Crippen LogP contribution in [0.5, 0.6) is 0 Å². The number of aromatic nitrogens is 3. The number of benzene rings is 2. The molecule has 0 bridgehead atoms. The summed E-state index contributed by atoms with van der Waals surface area (Å²) < 4.78 is 13.6. The van der Waals surface area contributed by atoms with Gasteiger partial charge < -0.3 is 10.3 Å². The molecule has 0 aliphatic heterocycles. The molecule has 0 spiro atoms. The lowest BCUT2D eigenvalue weighted by Gasteiger charge is -2.11. The number of hydrogen-bond acceptors (Lipinski definition) is 4. The van der Waals surface area contributed by atoms with Crippen LogP contribution >= 0.6 is 11.8 Å². The van der Waals surface area contributed by atoms with Crippen molar-refractivity contribution < 1.29 is 9.18 Å². The van der Waals surface area contributed by atoms with E-state index < -0.39 is 0 Å². The molecule has 0 aliphatic rings. The molecule has 0 saturated carbocycles. The molecule has 0 radical (unpaired) electrons. The van der Waals surface area contributed by atoms with E-state index in [0.29, 0.717) is 21.4 Å². The summed E-state index contributed by atoms with van der Waals surface area (Å²) in [5.41, 5.74) is 5.04. The number of H-pyrrole nitrogens is 1. The molecule has 7 heteroatoms. The maximum absolute atomic E-state index is 13.6. The Morgan fingerprint density at radius 3 is 2.74 bits per heavy atom. The summed E-state index contributed by atoms with van der Waals surface area (Å²) in [5, 5.41) is 4.33. The number of nitrogens with one attached hydrogen (secondary N) is 2. The number of fused-ring (bicyclic) bond motifs is 3. The van der Waals surface area contributed by atoms with Crippen LogP contribution in [-0.4, -0.2) is 26.6 Å². The number of para-hydroxylation sites is 1. The van der Waals surface area contributed by atoms with E-state index >= 15 is 0 Å². The molecular formula is C20H17FN4OS. The molecule has 0 unspecified atom stereocenters. The van der Waals surface area contributed by atoms with Gasteiger partial charge in [0.2, 0.25) is 5.91 Å². The average molecular weight is 380 g/mol. The fourth-order valence-electron chi connectivity index (χ4n) is 3.07. The molecule has 4 rings (SSSR count). The van der Waals surface area contributed by atoms with Crippen LogP contribution in [0.1, 0.15) is 11.1 Å². The molecule has 2 aromatic carbocycles. The Labute approximate surface area is 159 Å². The summed E-state index contributed by atoms with van der Waals surface area (Å²) in [5.74, 6) is -0.209. The minimum atomic E-state index is -0.316. The second-order valence-electron chi connectivity index (χ2n) is 6.32. The van der Waals surface area contributed by atoms with Crippen molar-refractivity contribution >= 4 is 45.3 Å². The van der Waals surface area contributed by atoms with E-state index in [0.717, 1.165) is 22.3 Å². The topological polar surface area (TPSA) is 70.7 Å². The molecule has 0 aliphatic carbocycles. The van der Waals surface area contributed by atoms with Crippen LogP contribution in [0, 0.1) is 19.7 Å². The van der Waals surface area contributed by atoms with E-state index in [4.69, 9.17) is 0 Å². The first-order valence-corrected chi connectivity index (χ1v) is 9.42. The van der Waals surface area contributed by atoms with E-state index in [1.165, 1.54) is 30.2 Å². The van der Waals surface area contributed by atoms with Crippen molar-refractivity contribution in [3.8, 4) is 0 Å². The first-order chi connectivity index (χ1) is 13.0. The third-order valence-electron chi connectivity index (χ3n) is 4.39. The van der Waals surface area contributed by atoms with Crippen LogP contribution in [0.15, 0.2) is 47.8 Å². The van der Waals surface area contributed by atoms with Crippen molar-refractivity contribution in [3.05, 3.63) is 59.7 Å². The van der Waals surface area contributed by atoms with Gasteiger partial charge in [0.05, 0.1) is 11.3 Å². The van der Waals surface area contributed by atoms with E-state index in [9.17, 15) is 9.18 Å². The van der Waals surface area contributed by atoms with Crippen LogP contribution in [0.25, 0.3) is 21.9 Å². The maximum atomic E-state index is 13.6. The van der Waals surface area contributed by atoms with Gasteiger partial charge in [-0.15, -0.1) is 0 Å². The zero-order valence-corrected chi connectivity index (χ0v) is 15.7. The highest BCUT2D eigenvalue weighted by molar-refractivity contribution is 8.00. The molecule has 27 heavy (non-hydrogen) atoms. The van der Waals surface area contributed by atoms with E-state index in [1.54, 1.807) is 6.07 Å². The fourth-order valence-corrected chi connectivity index (χ4v) is 3.83. The smallest absolute Gasteiger partial charge is 0.234 e. The van der Waals surface area contributed by atoms with Gasteiger partial charge in [-0.05, 0) is 43.2 Å². The van der Waals surface area contributed by atoms with E-state index in [-0.39, 0.29) is 17.5 Å². The number of anilines is 1. The Morgan fingerprint density at radius 1 is 1.19 bits per heavy atom. The number of hydrogen-bond donors (Lipinski definition) is 2. The molecule has 0 atom stereocenters. The summed E-state index contributed by atoms with van der Waals surface area (Å²) in [4.78, 5) is 24.2. The predicted octanol–water partition coefficient (Wildman–Crippen LogP) is 4.60. The normalized spacial score (nSPS) is 11.2. The Bertz CT molecular complexity index is 1150. The first-order valence-electron chi connectivity index (χ1n) is 8.44. The van der Waals surface area contributed by atoms with Crippen LogP contribution in [0.4, 0.5) is 10.1 Å². The number of halogens is 1. The van der Waals surface area contributed by atoms with Crippen molar-refractivity contribution in [2.45, 2.75) is 18.9 Å². The molecule has 4 aromatic rings. The quantitative estimate of drug-likeness (QED) is 0.401. The number of aryl methyl sites for hydroxylation is 2. The van der Waals surface area contributed by atoms with Gasteiger partial charge in [0, 0.05) is 16.6 Å². The molecule has 136 valence electrons. The predicted molar refractivity (Wildman–Crippen MR) is 107 cm³/mol. The fraction of sp³-hybridized carbons (Fsp3) is 0.150. The number of aromatic amines is 1. The Morgan fingerprint density at radius 2 is 1.96 bits per heavy atom. The minimum Gasteiger partial charge on any atom is -0.351 e. The van der Waals surface area contributed by atoms with Gasteiger partial charge in [-0.1, -0.05) is 30.0 Å². The number of carbonyl (C=O) groups excluding carboxylic acids is 1. The highest BCUT2D eigenvalue weighted by Gasteiger charge is 2.14. The molecule has 5 nitrogen and oxygen atoms in total. The molecule has 1 amide bonds. The molecule has 2 heterocycles. The van der Waals surface area contributed by atoms with Gasteiger partial charge in [-0.25, -0.2) is 14.4 Å². The monoisotopic (exact) mass is 380 g/mol. The van der Waals surface area contributed by atoms with Crippen LogP contribution in [0.2, 0.25) is 0 Å². The highest BCUT2D eigenvalue weighted by atomic mass is 32.2.